The molecule has 0 N–H and O–H groups in total. The molecule has 0 aliphatic carbocycles. The largest absolute Gasteiger partial charge is 0.378 e. The van der Waals surface area contributed by atoms with Gasteiger partial charge in [0.1, 0.15) is 0 Å². The zero-order valence-corrected chi connectivity index (χ0v) is 18.2. The molecule has 0 bridgehead atoms. The van der Waals surface area contributed by atoms with Gasteiger partial charge < -0.3 is 14.7 Å². The smallest absolute Gasteiger partial charge is 0.286 e. The van der Waals surface area contributed by atoms with Gasteiger partial charge in [0.25, 0.3) is 11.6 Å². The molecule has 8 nitrogen and oxygen atoms in total. The third-order valence-corrected chi connectivity index (χ3v) is 6.34. The van der Waals surface area contributed by atoms with Crippen LogP contribution < -0.4 is 9.80 Å². The third kappa shape index (κ3) is 4.72. The van der Waals surface area contributed by atoms with Crippen molar-refractivity contribution in [3.8, 4) is 0 Å². The molecule has 0 aromatic heterocycles. The van der Waals surface area contributed by atoms with Crippen molar-refractivity contribution in [1.82, 2.24) is 4.90 Å². The Labute approximate surface area is 185 Å². The van der Waals surface area contributed by atoms with Gasteiger partial charge in [0, 0.05) is 63.8 Å². The number of aliphatic imine (C=N–C) groups is 1. The number of carbonyl (C=O) groups excluding carboxylic acids is 1. The van der Waals surface area contributed by atoms with Crippen LogP contribution in [0.4, 0.5) is 17.1 Å². The number of piperazine rings is 1. The lowest BCUT2D eigenvalue weighted by Crippen LogP contribution is -2.47. The standard InChI is InChI=1S/C22H23N5O3S/c1-24(2)17-5-3-16(4-6-17)15-20-21(28)23-22(31-20)26-13-11-25(12-14-26)18-7-9-19(10-8-18)27(29)30/h3-10,15H,11-14H2,1-2H3/b20-15+. The summed E-state index contributed by atoms with van der Waals surface area (Å²) in [4.78, 5) is 34.1. The number of rotatable bonds is 4. The molecule has 4 rings (SSSR count). The fraction of sp³-hybridized carbons (Fsp3) is 0.273. The molecule has 0 unspecified atom stereocenters. The molecule has 1 fully saturated rings. The summed E-state index contributed by atoms with van der Waals surface area (Å²) in [6.07, 6.45) is 1.88. The van der Waals surface area contributed by atoms with Crippen LogP contribution in [0.3, 0.4) is 0 Å². The number of benzene rings is 2. The number of nitro benzene ring substituents is 1. The molecule has 1 saturated heterocycles. The van der Waals surface area contributed by atoms with Crippen LogP contribution in [0, 0.1) is 10.1 Å². The highest BCUT2D eigenvalue weighted by Gasteiger charge is 2.28. The van der Waals surface area contributed by atoms with Crippen molar-refractivity contribution in [2.45, 2.75) is 0 Å². The van der Waals surface area contributed by atoms with Crippen LogP contribution in [0.2, 0.25) is 0 Å². The van der Waals surface area contributed by atoms with Crippen LogP contribution in [0.15, 0.2) is 58.4 Å². The van der Waals surface area contributed by atoms with E-state index in [4.69, 9.17) is 0 Å². The van der Waals surface area contributed by atoms with Crippen molar-refractivity contribution in [1.29, 1.82) is 0 Å². The molecule has 31 heavy (non-hydrogen) atoms. The average Bonchev–Trinajstić information content (AvgIpc) is 3.14. The van der Waals surface area contributed by atoms with Gasteiger partial charge in [0.15, 0.2) is 5.17 Å². The number of nitrogens with zero attached hydrogens (tertiary/aromatic N) is 5. The van der Waals surface area contributed by atoms with E-state index in [1.807, 2.05) is 49.3 Å². The molecule has 0 radical (unpaired) electrons. The van der Waals surface area contributed by atoms with Gasteiger partial charge in [0.2, 0.25) is 0 Å². The highest BCUT2D eigenvalue weighted by Crippen LogP contribution is 2.31. The molecule has 2 aliphatic rings. The van der Waals surface area contributed by atoms with Crippen molar-refractivity contribution < 1.29 is 9.72 Å². The lowest BCUT2D eigenvalue weighted by molar-refractivity contribution is -0.384. The molecule has 160 valence electrons. The normalized spacial score (nSPS) is 17.8. The Hall–Kier alpha value is -3.33. The van der Waals surface area contributed by atoms with E-state index in [1.165, 1.54) is 23.9 Å². The predicted molar refractivity (Wildman–Crippen MR) is 126 cm³/mol. The van der Waals surface area contributed by atoms with E-state index in [9.17, 15) is 14.9 Å². The first-order valence-corrected chi connectivity index (χ1v) is 10.8. The minimum absolute atomic E-state index is 0.0910. The number of hydrogen-bond donors (Lipinski definition) is 0. The third-order valence-electron chi connectivity index (χ3n) is 5.29. The lowest BCUT2D eigenvalue weighted by atomic mass is 10.2. The van der Waals surface area contributed by atoms with Crippen molar-refractivity contribution >= 4 is 46.0 Å². The molecule has 9 heteroatoms. The molecular weight excluding hydrogens is 414 g/mol. The lowest BCUT2D eigenvalue weighted by Gasteiger charge is -2.36. The molecule has 2 aromatic rings. The second-order valence-electron chi connectivity index (χ2n) is 7.54. The molecule has 1 amide bonds. The van der Waals surface area contributed by atoms with E-state index in [0.717, 1.165) is 48.3 Å². The fourth-order valence-corrected chi connectivity index (χ4v) is 4.46. The Morgan fingerprint density at radius 3 is 2.19 bits per heavy atom. The maximum Gasteiger partial charge on any atom is 0.286 e. The van der Waals surface area contributed by atoms with Crippen LogP contribution in [0.5, 0.6) is 0 Å². The van der Waals surface area contributed by atoms with Crippen LogP contribution >= 0.6 is 11.8 Å². The number of nitro groups is 1. The Bertz CT molecular complexity index is 1040. The van der Waals surface area contributed by atoms with Gasteiger partial charge >= 0.3 is 0 Å². The maximum absolute atomic E-state index is 12.4. The predicted octanol–water partition coefficient (Wildman–Crippen LogP) is 3.45. The van der Waals surface area contributed by atoms with Gasteiger partial charge in [-0.05, 0) is 47.7 Å². The van der Waals surface area contributed by atoms with E-state index >= 15 is 0 Å². The minimum Gasteiger partial charge on any atom is -0.378 e. The number of amidine groups is 1. The SMILES string of the molecule is CN(C)c1ccc(/C=C2/SC(N3CCN(c4ccc([N+](=O)[O-])cc4)CC3)=NC2=O)cc1. The number of amides is 1. The van der Waals surface area contributed by atoms with Crippen LogP contribution in [0.25, 0.3) is 6.08 Å². The summed E-state index contributed by atoms with van der Waals surface area (Å²) in [5.74, 6) is -0.200. The van der Waals surface area contributed by atoms with Crippen LogP contribution in [-0.4, -0.2) is 61.2 Å². The highest BCUT2D eigenvalue weighted by molar-refractivity contribution is 8.18. The van der Waals surface area contributed by atoms with E-state index in [2.05, 4.69) is 14.8 Å². The quantitative estimate of drug-likeness (QED) is 0.412. The van der Waals surface area contributed by atoms with E-state index in [0.29, 0.717) is 4.91 Å². The number of thioether (sulfide) groups is 1. The molecule has 0 spiro atoms. The van der Waals surface area contributed by atoms with Crippen LogP contribution in [0.1, 0.15) is 5.56 Å². The van der Waals surface area contributed by atoms with E-state index in [-0.39, 0.29) is 11.6 Å². The fourth-order valence-electron chi connectivity index (χ4n) is 3.49. The Balaban J connectivity index is 1.36. The van der Waals surface area contributed by atoms with Gasteiger partial charge in [-0.2, -0.15) is 4.99 Å². The van der Waals surface area contributed by atoms with Gasteiger partial charge in [-0.25, -0.2) is 0 Å². The maximum atomic E-state index is 12.4. The van der Waals surface area contributed by atoms with Gasteiger partial charge in [-0.15, -0.1) is 0 Å². The Kier molecular flexibility index (Phi) is 5.94. The first-order chi connectivity index (χ1) is 14.9. The zero-order valence-electron chi connectivity index (χ0n) is 17.4. The van der Waals surface area contributed by atoms with Crippen LogP contribution in [-0.2, 0) is 4.79 Å². The Morgan fingerprint density at radius 2 is 1.61 bits per heavy atom. The second kappa shape index (κ2) is 8.81. The summed E-state index contributed by atoms with van der Waals surface area (Å²) >= 11 is 1.42. The van der Waals surface area contributed by atoms with Gasteiger partial charge in [-0.1, -0.05) is 12.1 Å². The van der Waals surface area contributed by atoms with Crippen molar-refractivity contribution in [3.63, 3.8) is 0 Å². The summed E-state index contributed by atoms with van der Waals surface area (Å²) in [7, 11) is 3.98. The number of carbonyl (C=O) groups is 1. The first kappa shape index (κ1) is 20.9. The second-order valence-corrected chi connectivity index (χ2v) is 8.55. The number of hydrogen-bond acceptors (Lipinski definition) is 7. The summed E-state index contributed by atoms with van der Waals surface area (Å²) in [6, 6.07) is 14.7. The molecule has 0 atom stereocenters. The van der Waals surface area contributed by atoms with Gasteiger partial charge in [0.05, 0.1) is 9.83 Å². The molecule has 2 aromatic carbocycles. The zero-order chi connectivity index (χ0) is 22.0. The number of anilines is 2. The van der Waals surface area contributed by atoms with Crippen molar-refractivity contribution in [3.05, 3.63) is 69.1 Å². The van der Waals surface area contributed by atoms with Crippen molar-refractivity contribution in [2.24, 2.45) is 4.99 Å². The Morgan fingerprint density at radius 1 is 1.00 bits per heavy atom. The van der Waals surface area contributed by atoms with E-state index in [1.54, 1.807) is 12.1 Å². The topological polar surface area (TPSA) is 82.3 Å². The average molecular weight is 438 g/mol. The summed E-state index contributed by atoms with van der Waals surface area (Å²) < 4.78 is 0. The van der Waals surface area contributed by atoms with Gasteiger partial charge in [-0.3, -0.25) is 14.9 Å². The van der Waals surface area contributed by atoms with E-state index < -0.39 is 4.92 Å². The number of non-ortho nitro benzene ring substituents is 1. The molecular formula is C22H23N5O3S. The summed E-state index contributed by atoms with van der Waals surface area (Å²) in [6.45, 7) is 3.00. The van der Waals surface area contributed by atoms with Crippen molar-refractivity contribution in [2.75, 3.05) is 50.1 Å². The molecule has 0 saturated carbocycles. The summed E-state index contributed by atoms with van der Waals surface area (Å²) in [5.41, 5.74) is 3.13. The summed E-state index contributed by atoms with van der Waals surface area (Å²) in [5, 5.41) is 11.6. The molecule has 2 heterocycles. The molecule has 2 aliphatic heterocycles. The monoisotopic (exact) mass is 437 g/mol. The highest BCUT2D eigenvalue weighted by atomic mass is 32.2. The minimum atomic E-state index is -0.393. The first-order valence-electron chi connectivity index (χ1n) is 9.95.